The van der Waals surface area contributed by atoms with Gasteiger partial charge < -0.3 is 4.74 Å². The smallest absolute Gasteiger partial charge is 0.335 e. The van der Waals surface area contributed by atoms with Gasteiger partial charge in [-0.2, -0.15) is 0 Å². The molecule has 1 aliphatic heterocycles. The molecule has 0 aliphatic carbocycles. The number of benzene rings is 3. The summed E-state index contributed by atoms with van der Waals surface area (Å²) in [7, 11) is 1.51. The molecule has 1 heterocycles. The maximum absolute atomic E-state index is 13.6. The van der Waals surface area contributed by atoms with E-state index in [1.807, 2.05) is 19.1 Å². The molecule has 178 valence electrons. The van der Waals surface area contributed by atoms with Crippen LogP contribution in [-0.4, -0.2) is 25.0 Å². The Morgan fingerprint density at radius 1 is 1.06 bits per heavy atom. The number of aryl methyl sites for hydroxylation is 2. The molecule has 1 saturated heterocycles. The summed E-state index contributed by atoms with van der Waals surface area (Å²) in [5.74, 6) is -1.32. The van der Waals surface area contributed by atoms with Gasteiger partial charge in [-0.05, 0) is 66.9 Å². The van der Waals surface area contributed by atoms with Crippen LogP contribution in [0.1, 0.15) is 27.8 Å². The Labute approximate surface area is 210 Å². The van der Waals surface area contributed by atoms with E-state index in [1.165, 1.54) is 25.3 Å². The van der Waals surface area contributed by atoms with Crippen molar-refractivity contribution in [3.05, 3.63) is 98.3 Å². The number of hydrogen-bond acceptors (Lipinski definition) is 4. The van der Waals surface area contributed by atoms with Gasteiger partial charge in [0.15, 0.2) is 0 Å². The standard InChI is InChI=1S/C27H22BrFN2O4/c1-15-7-8-23(16(2)9-15)31-26(33)21(25(32)30-27(31)34)12-18-13-22(28)20(24(14-18)35-3)11-17-5-4-6-19(29)10-17/h4-10,12-14H,11H2,1-3H3,(H,30,32,34)/b21-12+. The van der Waals surface area contributed by atoms with Crippen molar-refractivity contribution in [3.63, 3.8) is 0 Å². The normalized spacial score (nSPS) is 14.9. The molecule has 0 saturated carbocycles. The van der Waals surface area contributed by atoms with Crippen molar-refractivity contribution in [3.8, 4) is 5.75 Å². The van der Waals surface area contributed by atoms with Gasteiger partial charge in [0.1, 0.15) is 17.1 Å². The highest BCUT2D eigenvalue weighted by molar-refractivity contribution is 9.10. The Morgan fingerprint density at radius 2 is 1.83 bits per heavy atom. The first-order valence-corrected chi connectivity index (χ1v) is 11.6. The van der Waals surface area contributed by atoms with Gasteiger partial charge in [-0.3, -0.25) is 14.9 Å². The van der Waals surface area contributed by atoms with E-state index in [-0.39, 0.29) is 11.4 Å². The van der Waals surface area contributed by atoms with Crippen molar-refractivity contribution in [2.45, 2.75) is 20.3 Å². The molecule has 0 unspecified atom stereocenters. The topological polar surface area (TPSA) is 75.7 Å². The molecule has 6 nitrogen and oxygen atoms in total. The number of carbonyl (C=O) groups excluding carboxylic acids is 3. The summed E-state index contributed by atoms with van der Waals surface area (Å²) in [4.78, 5) is 39.4. The van der Waals surface area contributed by atoms with E-state index in [0.29, 0.717) is 27.9 Å². The Balaban J connectivity index is 1.72. The van der Waals surface area contributed by atoms with Crippen LogP contribution in [0.2, 0.25) is 0 Å². The Bertz CT molecular complexity index is 1400. The number of methoxy groups -OCH3 is 1. The van der Waals surface area contributed by atoms with E-state index in [2.05, 4.69) is 21.2 Å². The summed E-state index contributed by atoms with van der Waals surface area (Å²) in [5.41, 5.74) is 4.00. The molecular weight excluding hydrogens is 515 g/mol. The lowest BCUT2D eigenvalue weighted by molar-refractivity contribution is -0.122. The van der Waals surface area contributed by atoms with Crippen molar-refractivity contribution in [1.29, 1.82) is 0 Å². The molecule has 4 amide bonds. The molecule has 0 bridgehead atoms. The van der Waals surface area contributed by atoms with Crippen LogP contribution in [0.15, 0.2) is 64.6 Å². The number of ether oxygens (including phenoxy) is 1. The number of nitrogens with zero attached hydrogens (tertiary/aromatic N) is 1. The van der Waals surface area contributed by atoms with E-state index in [4.69, 9.17) is 4.74 Å². The third kappa shape index (κ3) is 5.02. The van der Waals surface area contributed by atoms with Gasteiger partial charge in [0.05, 0.1) is 12.8 Å². The maximum atomic E-state index is 13.6. The average Bonchev–Trinajstić information content (AvgIpc) is 2.79. The first kappa shape index (κ1) is 24.3. The minimum Gasteiger partial charge on any atom is -0.496 e. The van der Waals surface area contributed by atoms with E-state index < -0.39 is 17.8 Å². The fraction of sp³-hybridized carbons (Fsp3) is 0.148. The van der Waals surface area contributed by atoms with Crippen LogP contribution in [0.5, 0.6) is 5.75 Å². The van der Waals surface area contributed by atoms with Crippen LogP contribution >= 0.6 is 15.9 Å². The second-order valence-corrected chi connectivity index (χ2v) is 9.09. The second-order valence-electron chi connectivity index (χ2n) is 8.24. The van der Waals surface area contributed by atoms with Crippen LogP contribution in [0.25, 0.3) is 6.08 Å². The van der Waals surface area contributed by atoms with Crippen molar-refractivity contribution in [2.75, 3.05) is 12.0 Å². The average molecular weight is 537 g/mol. The zero-order valence-corrected chi connectivity index (χ0v) is 20.9. The minimum absolute atomic E-state index is 0.184. The molecule has 0 aromatic heterocycles. The fourth-order valence-electron chi connectivity index (χ4n) is 4.02. The number of urea groups is 1. The summed E-state index contributed by atoms with van der Waals surface area (Å²) in [6.45, 7) is 3.70. The first-order valence-electron chi connectivity index (χ1n) is 10.8. The number of amides is 4. The minimum atomic E-state index is -0.798. The number of imide groups is 2. The molecular formula is C27H22BrFN2O4. The largest absolute Gasteiger partial charge is 0.496 e. The monoisotopic (exact) mass is 536 g/mol. The van der Waals surface area contributed by atoms with Gasteiger partial charge >= 0.3 is 6.03 Å². The third-order valence-electron chi connectivity index (χ3n) is 5.67. The van der Waals surface area contributed by atoms with E-state index in [1.54, 1.807) is 37.3 Å². The molecule has 4 rings (SSSR count). The van der Waals surface area contributed by atoms with Gasteiger partial charge in [0.2, 0.25) is 0 Å². The molecule has 8 heteroatoms. The number of nitrogens with one attached hydrogen (secondary N) is 1. The predicted octanol–water partition coefficient (Wildman–Crippen LogP) is 5.47. The van der Waals surface area contributed by atoms with E-state index in [9.17, 15) is 18.8 Å². The highest BCUT2D eigenvalue weighted by Gasteiger charge is 2.37. The molecule has 0 atom stereocenters. The summed E-state index contributed by atoms with van der Waals surface area (Å²) in [5, 5.41) is 2.24. The Hall–Kier alpha value is -3.78. The summed E-state index contributed by atoms with van der Waals surface area (Å²) in [6, 6.07) is 14.2. The molecule has 1 aliphatic rings. The molecule has 3 aromatic carbocycles. The number of barbiturate groups is 1. The van der Waals surface area contributed by atoms with E-state index >= 15 is 0 Å². The summed E-state index contributed by atoms with van der Waals surface area (Å²) < 4.78 is 19.8. The quantitative estimate of drug-likeness (QED) is 0.346. The molecule has 0 spiro atoms. The van der Waals surface area contributed by atoms with Crippen LogP contribution in [0.4, 0.5) is 14.9 Å². The van der Waals surface area contributed by atoms with Crippen molar-refractivity contribution >= 4 is 45.5 Å². The summed E-state index contributed by atoms with van der Waals surface area (Å²) in [6.07, 6.45) is 1.83. The van der Waals surface area contributed by atoms with Gasteiger partial charge in [0.25, 0.3) is 11.8 Å². The maximum Gasteiger partial charge on any atom is 0.335 e. The number of halogens is 2. The number of hydrogen-bond donors (Lipinski definition) is 1. The molecule has 35 heavy (non-hydrogen) atoms. The van der Waals surface area contributed by atoms with Crippen LogP contribution in [-0.2, 0) is 16.0 Å². The molecule has 1 fully saturated rings. The molecule has 1 N–H and O–H groups in total. The lowest BCUT2D eigenvalue weighted by atomic mass is 10.00. The lowest BCUT2D eigenvalue weighted by Crippen LogP contribution is -2.54. The van der Waals surface area contributed by atoms with E-state index in [0.717, 1.165) is 27.2 Å². The Morgan fingerprint density at radius 3 is 2.51 bits per heavy atom. The SMILES string of the molecule is COc1cc(/C=C2\C(=O)NC(=O)N(c3ccc(C)cc3C)C2=O)cc(Br)c1Cc1cccc(F)c1. The third-order valence-corrected chi connectivity index (χ3v) is 6.38. The van der Waals surface area contributed by atoms with Gasteiger partial charge in [-0.15, -0.1) is 0 Å². The number of rotatable bonds is 5. The lowest BCUT2D eigenvalue weighted by Gasteiger charge is -2.27. The highest BCUT2D eigenvalue weighted by atomic mass is 79.9. The highest BCUT2D eigenvalue weighted by Crippen LogP contribution is 2.33. The number of carbonyl (C=O) groups is 3. The van der Waals surface area contributed by atoms with Crippen molar-refractivity contribution in [2.24, 2.45) is 0 Å². The van der Waals surface area contributed by atoms with Crippen molar-refractivity contribution < 1.29 is 23.5 Å². The van der Waals surface area contributed by atoms with Gasteiger partial charge in [-0.25, -0.2) is 14.1 Å². The molecule has 0 radical (unpaired) electrons. The van der Waals surface area contributed by atoms with Gasteiger partial charge in [-0.1, -0.05) is 45.8 Å². The zero-order chi connectivity index (χ0) is 25.3. The van der Waals surface area contributed by atoms with Crippen LogP contribution in [0, 0.1) is 19.7 Å². The van der Waals surface area contributed by atoms with Crippen LogP contribution < -0.4 is 15.0 Å². The van der Waals surface area contributed by atoms with Crippen molar-refractivity contribution in [1.82, 2.24) is 5.32 Å². The second kappa shape index (κ2) is 9.84. The Kier molecular flexibility index (Phi) is 6.84. The zero-order valence-electron chi connectivity index (χ0n) is 19.3. The summed E-state index contributed by atoms with van der Waals surface area (Å²) >= 11 is 3.53. The fourth-order valence-corrected chi connectivity index (χ4v) is 4.62. The predicted molar refractivity (Wildman–Crippen MR) is 135 cm³/mol. The first-order chi connectivity index (χ1) is 16.7. The molecule has 3 aromatic rings. The van der Waals surface area contributed by atoms with Crippen LogP contribution in [0.3, 0.4) is 0 Å². The number of anilines is 1. The van der Waals surface area contributed by atoms with Gasteiger partial charge in [0, 0.05) is 16.5 Å².